The minimum Gasteiger partial charge on any atom is -0.294 e. The summed E-state index contributed by atoms with van der Waals surface area (Å²) in [5, 5.41) is 0. The molecular weight excluding hydrogens is 371 g/mol. The van der Waals surface area contributed by atoms with Crippen LogP contribution in [0.25, 0.3) is 0 Å². The van der Waals surface area contributed by atoms with Gasteiger partial charge in [0, 0.05) is 17.5 Å². The molecule has 0 N–H and O–H groups in total. The van der Waals surface area contributed by atoms with Gasteiger partial charge in [0.2, 0.25) is 0 Å². The average molecular weight is 399 g/mol. The van der Waals surface area contributed by atoms with Crippen molar-refractivity contribution in [3.8, 4) is 0 Å². The molecular formula is C27H27FN2. The summed E-state index contributed by atoms with van der Waals surface area (Å²) in [6, 6.07) is 28.7. The van der Waals surface area contributed by atoms with Crippen molar-refractivity contribution in [2.75, 3.05) is 13.1 Å². The first-order valence-corrected chi connectivity index (χ1v) is 10.9. The van der Waals surface area contributed by atoms with Crippen LogP contribution in [0.3, 0.4) is 0 Å². The molecule has 3 heteroatoms. The predicted molar refractivity (Wildman–Crippen MR) is 120 cm³/mol. The Morgan fingerprint density at radius 1 is 0.800 bits per heavy atom. The van der Waals surface area contributed by atoms with Gasteiger partial charge in [-0.2, -0.15) is 0 Å². The van der Waals surface area contributed by atoms with E-state index in [1.54, 1.807) is 0 Å². The van der Waals surface area contributed by atoms with Crippen molar-refractivity contribution in [3.63, 3.8) is 0 Å². The monoisotopic (exact) mass is 398 g/mol. The molecule has 3 aliphatic rings. The smallest absolute Gasteiger partial charge is 0.123 e. The maximum absolute atomic E-state index is 13.3. The molecule has 3 heterocycles. The molecule has 3 aromatic rings. The molecule has 0 aliphatic carbocycles. The highest BCUT2D eigenvalue weighted by Crippen LogP contribution is 2.40. The van der Waals surface area contributed by atoms with Gasteiger partial charge in [0.1, 0.15) is 5.82 Å². The van der Waals surface area contributed by atoms with E-state index in [0.29, 0.717) is 12.5 Å². The van der Waals surface area contributed by atoms with Gasteiger partial charge in [0.05, 0.1) is 12.6 Å². The molecule has 3 fully saturated rings. The lowest BCUT2D eigenvalue weighted by Gasteiger charge is -2.49. The number of aliphatic imine (C=N–C) groups is 1. The van der Waals surface area contributed by atoms with Crippen LogP contribution in [0.2, 0.25) is 0 Å². The van der Waals surface area contributed by atoms with Gasteiger partial charge in [0.15, 0.2) is 0 Å². The van der Waals surface area contributed by atoms with Gasteiger partial charge < -0.3 is 0 Å². The SMILES string of the molecule is Fc1ccc(CN=C2C3CCN(CC3)C2C(c2ccccc2)c2ccccc2)cc1. The number of benzene rings is 3. The van der Waals surface area contributed by atoms with Crippen LogP contribution in [0.1, 0.15) is 35.4 Å². The fourth-order valence-electron chi connectivity index (χ4n) is 5.16. The number of halogens is 1. The van der Waals surface area contributed by atoms with E-state index in [2.05, 4.69) is 65.6 Å². The maximum Gasteiger partial charge on any atom is 0.123 e. The Morgan fingerprint density at radius 3 is 1.93 bits per heavy atom. The number of hydrogen-bond acceptors (Lipinski definition) is 2. The summed E-state index contributed by atoms with van der Waals surface area (Å²) >= 11 is 0. The highest BCUT2D eigenvalue weighted by Gasteiger charge is 2.43. The van der Waals surface area contributed by atoms with Crippen LogP contribution in [0.4, 0.5) is 4.39 Å². The van der Waals surface area contributed by atoms with E-state index in [0.717, 1.165) is 18.7 Å². The largest absolute Gasteiger partial charge is 0.294 e. The second kappa shape index (κ2) is 8.53. The first-order chi connectivity index (χ1) is 14.8. The van der Waals surface area contributed by atoms with Gasteiger partial charge in [0.25, 0.3) is 0 Å². The van der Waals surface area contributed by atoms with E-state index < -0.39 is 0 Å². The van der Waals surface area contributed by atoms with Crippen LogP contribution in [0.15, 0.2) is 89.9 Å². The van der Waals surface area contributed by atoms with Crippen LogP contribution in [-0.4, -0.2) is 29.7 Å². The van der Waals surface area contributed by atoms with Crippen molar-refractivity contribution < 1.29 is 4.39 Å². The molecule has 2 bridgehead atoms. The molecule has 0 spiro atoms. The highest BCUT2D eigenvalue weighted by molar-refractivity contribution is 5.94. The van der Waals surface area contributed by atoms with Crippen LogP contribution < -0.4 is 0 Å². The lowest BCUT2D eigenvalue weighted by molar-refractivity contribution is 0.135. The van der Waals surface area contributed by atoms with Crippen molar-refractivity contribution in [2.24, 2.45) is 10.9 Å². The predicted octanol–water partition coefficient (Wildman–Crippen LogP) is 5.69. The van der Waals surface area contributed by atoms with Crippen LogP contribution in [0.5, 0.6) is 0 Å². The molecule has 3 aromatic carbocycles. The molecule has 3 aliphatic heterocycles. The second-order valence-electron chi connectivity index (χ2n) is 8.42. The van der Waals surface area contributed by atoms with Gasteiger partial charge in [-0.1, -0.05) is 72.8 Å². The van der Waals surface area contributed by atoms with Gasteiger partial charge in [-0.3, -0.25) is 9.89 Å². The number of fused-ring (bicyclic) bond motifs is 3. The Kier molecular flexibility index (Phi) is 5.46. The molecule has 0 saturated carbocycles. The van der Waals surface area contributed by atoms with Crippen LogP contribution in [0, 0.1) is 11.7 Å². The number of piperidine rings is 3. The third kappa shape index (κ3) is 3.82. The summed E-state index contributed by atoms with van der Waals surface area (Å²) in [4.78, 5) is 7.80. The van der Waals surface area contributed by atoms with Gasteiger partial charge in [-0.15, -0.1) is 0 Å². The van der Waals surface area contributed by atoms with E-state index in [1.165, 1.54) is 41.8 Å². The Labute approximate surface area is 178 Å². The zero-order valence-corrected chi connectivity index (χ0v) is 17.1. The van der Waals surface area contributed by atoms with E-state index in [4.69, 9.17) is 4.99 Å². The Bertz CT molecular complexity index is 951. The summed E-state index contributed by atoms with van der Waals surface area (Å²) in [7, 11) is 0. The molecule has 152 valence electrons. The van der Waals surface area contributed by atoms with Crippen molar-refractivity contribution in [3.05, 3.63) is 107 Å². The van der Waals surface area contributed by atoms with Crippen molar-refractivity contribution in [2.45, 2.75) is 31.3 Å². The Morgan fingerprint density at radius 2 is 1.37 bits per heavy atom. The molecule has 2 nitrogen and oxygen atoms in total. The summed E-state index contributed by atoms with van der Waals surface area (Å²) in [6.07, 6.45) is 2.38. The molecule has 0 radical (unpaired) electrons. The minimum atomic E-state index is -0.194. The first kappa shape index (κ1) is 19.2. The Balaban J connectivity index is 1.55. The second-order valence-corrected chi connectivity index (χ2v) is 8.42. The third-order valence-electron chi connectivity index (χ3n) is 6.63. The Hall–Kier alpha value is -2.78. The van der Waals surface area contributed by atoms with Crippen molar-refractivity contribution in [1.82, 2.24) is 4.90 Å². The van der Waals surface area contributed by atoms with E-state index in [9.17, 15) is 4.39 Å². The maximum atomic E-state index is 13.3. The lowest BCUT2D eigenvalue weighted by atomic mass is 9.72. The summed E-state index contributed by atoms with van der Waals surface area (Å²) < 4.78 is 13.3. The topological polar surface area (TPSA) is 15.6 Å². The number of rotatable bonds is 5. The number of nitrogens with zero attached hydrogens (tertiary/aromatic N) is 2. The fraction of sp³-hybridized carbons (Fsp3) is 0.296. The van der Waals surface area contributed by atoms with Crippen LogP contribution >= 0.6 is 0 Å². The van der Waals surface area contributed by atoms with Gasteiger partial charge in [-0.05, 0) is 54.8 Å². The van der Waals surface area contributed by atoms with E-state index in [1.807, 2.05) is 12.1 Å². The summed E-state index contributed by atoms with van der Waals surface area (Å²) in [5.41, 5.74) is 5.08. The third-order valence-corrected chi connectivity index (χ3v) is 6.63. The van der Waals surface area contributed by atoms with E-state index in [-0.39, 0.29) is 17.8 Å². The molecule has 6 rings (SSSR count). The van der Waals surface area contributed by atoms with Crippen LogP contribution in [-0.2, 0) is 6.54 Å². The summed E-state index contributed by atoms with van der Waals surface area (Å²) in [5.74, 6) is 0.623. The van der Waals surface area contributed by atoms with E-state index >= 15 is 0 Å². The molecule has 0 aromatic heterocycles. The normalized spacial score (nSPS) is 24.5. The summed E-state index contributed by atoms with van der Waals surface area (Å²) in [6.45, 7) is 2.90. The highest BCUT2D eigenvalue weighted by atomic mass is 19.1. The molecule has 1 atom stereocenters. The molecule has 30 heavy (non-hydrogen) atoms. The molecule has 3 saturated heterocycles. The molecule has 1 unspecified atom stereocenters. The average Bonchev–Trinajstić information content (AvgIpc) is 2.82. The zero-order valence-electron chi connectivity index (χ0n) is 17.1. The first-order valence-electron chi connectivity index (χ1n) is 10.9. The quantitative estimate of drug-likeness (QED) is 0.539. The van der Waals surface area contributed by atoms with Gasteiger partial charge >= 0.3 is 0 Å². The standard InChI is InChI=1S/C27H27FN2/c28-24-13-11-20(12-14-24)19-29-26-23-15-17-30(18-16-23)27(26)25(21-7-3-1-4-8-21)22-9-5-2-6-10-22/h1-14,23,25,27H,15-19H2. The molecule has 0 amide bonds. The van der Waals surface area contributed by atoms with Crippen molar-refractivity contribution >= 4 is 5.71 Å². The zero-order chi connectivity index (χ0) is 20.3. The van der Waals surface area contributed by atoms with Crippen molar-refractivity contribution in [1.29, 1.82) is 0 Å². The fourth-order valence-corrected chi connectivity index (χ4v) is 5.16. The lowest BCUT2D eigenvalue weighted by Crippen LogP contribution is -2.58. The number of hydrogen-bond donors (Lipinski definition) is 0. The van der Waals surface area contributed by atoms with Gasteiger partial charge in [-0.25, -0.2) is 4.39 Å². The minimum absolute atomic E-state index is 0.194.